The highest BCUT2D eigenvalue weighted by Gasteiger charge is 2.08. The molecule has 0 atom stereocenters. The van der Waals surface area contributed by atoms with Crippen LogP contribution in [0.15, 0.2) is 47.4 Å². The molecule has 0 fully saturated rings. The first kappa shape index (κ1) is 13.5. The summed E-state index contributed by atoms with van der Waals surface area (Å²) in [6.45, 7) is 2.06. The van der Waals surface area contributed by atoms with Crippen molar-refractivity contribution in [3.8, 4) is 0 Å². The Bertz CT molecular complexity index is 611. The number of benzene rings is 2. The number of nitrogen functional groups attached to an aromatic ring is 1. The van der Waals surface area contributed by atoms with Crippen molar-refractivity contribution < 1.29 is 9.90 Å². The lowest BCUT2D eigenvalue weighted by Gasteiger charge is -2.08. The Morgan fingerprint density at radius 1 is 1.26 bits per heavy atom. The molecule has 0 aliphatic heterocycles. The van der Waals surface area contributed by atoms with Gasteiger partial charge in [0.2, 0.25) is 0 Å². The summed E-state index contributed by atoms with van der Waals surface area (Å²) in [6.07, 6.45) is 0. The molecule has 2 rings (SSSR count). The Morgan fingerprint density at radius 3 is 2.68 bits per heavy atom. The fourth-order valence-corrected chi connectivity index (χ4v) is 2.80. The van der Waals surface area contributed by atoms with E-state index in [-0.39, 0.29) is 5.56 Å². The van der Waals surface area contributed by atoms with E-state index in [0.29, 0.717) is 5.69 Å². The van der Waals surface area contributed by atoms with E-state index in [0.717, 1.165) is 10.6 Å². The summed E-state index contributed by atoms with van der Waals surface area (Å²) in [5.74, 6) is -0.155. The third-order valence-corrected chi connectivity index (χ3v) is 4.02. The highest BCUT2D eigenvalue weighted by molar-refractivity contribution is 7.98. The van der Waals surface area contributed by atoms with E-state index in [1.807, 2.05) is 12.1 Å². The second-order valence-corrected chi connectivity index (χ2v) is 5.29. The van der Waals surface area contributed by atoms with Crippen molar-refractivity contribution in [3.63, 3.8) is 0 Å². The van der Waals surface area contributed by atoms with Gasteiger partial charge < -0.3 is 10.8 Å². The molecule has 0 aliphatic carbocycles. The molecule has 19 heavy (non-hydrogen) atoms. The number of rotatable bonds is 4. The minimum atomic E-state index is -0.933. The molecule has 98 valence electrons. The van der Waals surface area contributed by atoms with Crippen LogP contribution >= 0.6 is 11.8 Å². The maximum Gasteiger partial charge on any atom is 0.335 e. The summed E-state index contributed by atoms with van der Waals surface area (Å²) in [4.78, 5) is 11.8. The maximum absolute atomic E-state index is 10.9. The fourth-order valence-electron chi connectivity index (χ4n) is 1.72. The van der Waals surface area contributed by atoms with Crippen LogP contribution in [0.5, 0.6) is 0 Å². The van der Waals surface area contributed by atoms with Gasteiger partial charge in [-0.05, 0) is 36.2 Å². The third kappa shape index (κ3) is 3.29. The molecular weight excluding hydrogens is 258 g/mol. The third-order valence-electron chi connectivity index (χ3n) is 2.90. The zero-order valence-electron chi connectivity index (χ0n) is 10.6. The summed E-state index contributed by atoms with van der Waals surface area (Å²) in [5.41, 5.74) is 9.21. The van der Waals surface area contributed by atoms with Crippen LogP contribution in [0.3, 0.4) is 0 Å². The normalized spacial score (nSPS) is 10.4. The summed E-state index contributed by atoms with van der Waals surface area (Å²) in [6, 6.07) is 12.9. The maximum atomic E-state index is 10.9. The molecule has 0 heterocycles. The predicted octanol–water partition coefficient (Wildman–Crippen LogP) is 3.57. The average Bonchev–Trinajstić information content (AvgIpc) is 2.39. The Morgan fingerprint density at radius 2 is 2.00 bits per heavy atom. The van der Waals surface area contributed by atoms with Crippen LogP contribution in [0.25, 0.3) is 0 Å². The number of nitrogens with two attached hydrogens (primary N) is 1. The molecule has 0 saturated carbocycles. The van der Waals surface area contributed by atoms with Gasteiger partial charge in [0.05, 0.1) is 5.56 Å². The summed E-state index contributed by atoms with van der Waals surface area (Å²) in [7, 11) is 0. The van der Waals surface area contributed by atoms with E-state index in [2.05, 4.69) is 19.1 Å². The van der Waals surface area contributed by atoms with E-state index in [1.54, 1.807) is 23.9 Å². The van der Waals surface area contributed by atoms with Crippen LogP contribution < -0.4 is 5.73 Å². The monoisotopic (exact) mass is 273 g/mol. The lowest BCUT2D eigenvalue weighted by molar-refractivity contribution is 0.0696. The van der Waals surface area contributed by atoms with E-state index >= 15 is 0 Å². The van der Waals surface area contributed by atoms with Crippen LogP contribution in [0, 0.1) is 6.92 Å². The van der Waals surface area contributed by atoms with Crippen molar-refractivity contribution in [3.05, 3.63) is 59.2 Å². The number of anilines is 1. The highest BCUT2D eigenvalue weighted by atomic mass is 32.2. The number of carbonyl (C=O) groups is 1. The van der Waals surface area contributed by atoms with Gasteiger partial charge in [-0.25, -0.2) is 4.79 Å². The van der Waals surface area contributed by atoms with Crippen molar-refractivity contribution in [2.75, 3.05) is 5.73 Å². The predicted molar refractivity (Wildman–Crippen MR) is 78.6 cm³/mol. The van der Waals surface area contributed by atoms with E-state index in [9.17, 15) is 4.79 Å². The van der Waals surface area contributed by atoms with Crippen LogP contribution in [0.4, 0.5) is 5.69 Å². The molecule has 2 aromatic rings. The number of carboxylic acids is 1. The molecule has 0 bridgehead atoms. The van der Waals surface area contributed by atoms with Gasteiger partial charge >= 0.3 is 5.97 Å². The molecule has 0 aromatic heterocycles. The van der Waals surface area contributed by atoms with Gasteiger partial charge in [-0.15, -0.1) is 11.8 Å². The number of aryl methyl sites for hydroxylation is 1. The van der Waals surface area contributed by atoms with Gasteiger partial charge in [0.25, 0.3) is 0 Å². The van der Waals surface area contributed by atoms with Crippen molar-refractivity contribution in [1.29, 1.82) is 0 Å². The summed E-state index contributed by atoms with van der Waals surface area (Å²) < 4.78 is 0. The zero-order valence-corrected chi connectivity index (χ0v) is 11.4. The molecule has 4 heteroatoms. The quantitative estimate of drug-likeness (QED) is 0.660. The molecule has 0 radical (unpaired) electrons. The number of aromatic carboxylic acids is 1. The number of hydrogen-bond donors (Lipinski definition) is 2. The minimum Gasteiger partial charge on any atom is -0.478 e. The Balaban J connectivity index is 2.17. The van der Waals surface area contributed by atoms with E-state index in [1.165, 1.54) is 17.2 Å². The molecule has 0 saturated heterocycles. The van der Waals surface area contributed by atoms with Gasteiger partial charge in [0.15, 0.2) is 0 Å². The molecule has 0 spiro atoms. The van der Waals surface area contributed by atoms with Crippen molar-refractivity contribution in [1.82, 2.24) is 0 Å². The van der Waals surface area contributed by atoms with Crippen molar-refractivity contribution >= 4 is 23.4 Å². The fraction of sp³-hybridized carbons (Fsp3) is 0.133. The van der Waals surface area contributed by atoms with Crippen LogP contribution in [0.1, 0.15) is 21.5 Å². The van der Waals surface area contributed by atoms with Gasteiger partial charge in [-0.2, -0.15) is 0 Å². The highest BCUT2D eigenvalue weighted by Crippen LogP contribution is 2.29. The lowest BCUT2D eigenvalue weighted by atomic mass is 10.1. The standard InChI is InChI=1S/C15H15NO2S/c1-10-4-2-3-5-12(10)9-19-14-8-11(15(17)18)6-7-13(14)16/h2-8H,9,16H2,1H3,(H,17,18). The van der Waals surface area contributed by atoms with E-state index in [4.69, 9.17) is 10.8 Å². The summed E-state index contributed by atoms with van der Waals surface area (Å²) >= 11 is 1.56. The first-order valence-corrected chi connectivity index (χ1v) is 6.86. The van der Waals surface area contributed by atoms with E-state index < -0.39 is 5.97 Å². The van der Waals surface area contributed by atoms with Crippen molar-refractivity contribution in [2.24, 2.45) is 0 Å². The Labute approximate surface area is 116 Å². The van der Waals surface area contributed by atoms with Crippen LogP contribution in [0.2, 0.25) is 0 Å². The number of carboxylic acid groups (broad SMARTS) is 1. The van der Waals surface area contributed by atoms with Gasteiger partial charge in [-0.3, -0.25) is 0 Å². The SMILES string of the molecule is Cc1ccccc1CSc1cc(C(=O)O)ccc1N. The molecule has 0 aliphatic rings. The van der Waals surface area contributed by atoms with Gasteiger partial charge in [-0.1, -0.05) is 24.3 Å². The second kappa shape index (κ2) is 5.80. The zero-order chi connectivity index (χ0) is 13.8. The van der Waals surface area contributed by atoms with Gasteiger partial charge in [0.1, 0.15) is 0 Å². The average molecular weight is 273 g/mol. The van der Waals surface area contributed by atoms with Gasteiger partial charge in [0, 0.05) is 16.3 Å². The lowest BCUT2D eigenvalue weighted by Crippen LogP contribution is -1.98. The largest absolute Gasteiger partial charge is 0.478 e. The molecular formula is C15H15NO2S. The molecule has 3 N–H and O–H groups in total. The Hall–Kier alpha value is -1.94. The van der Waals surface area contributed by atoms with Crippen LogP contribution in [-0.2, 0) is 5.75 Å². The van der Waals surface area contributed by atoms with Crippen molar-refractivity contribution in [2.45, 2.75) is 17.6 Å². The topological polar surface area (TPSA) is 63.3 Å². The smallest absolute Gasteiger partial charge is 0.335 e. The number of thioether (sulfide) groups is 1. The molecule has 2 aromatic carbocycles. The molecule has 0 amide bonds. The Kier molecular flexibility index (Phi) is 4.12. The second-order valence-electron chi connectivity index (χ2n) is 4.27. The number of hydrogen-bond acceptors (Lipinski definition) is 3. The minimum absolute atomic E-state index is 0.265. The van der Waals surface area contributed by atoms with Crippen LogP contribution in [-0.4, -0.2) is 11.1 Å². The summed E-state index contributed by atoms with van der Waals surface area (Å²) in [5, 5.41) is 8.98. The first-order chi connectivity index (χ1) is 9.08. The first-order valence-electron chi connectivity index (χ1n) is 5.88. The molecule has 0 unspecified atom stereocenters. The molecule has 3 nitrogen and oxygen atoms in total.